The maximum Gasteiger partial charge on any atom is 0.137 e. The van der Waals surface area contributed by atoms with Gasteiger partial charge in [0.1, 0.15) is 16.9 Å². The first-order chi connectivity index (χ1) is 44.6. The predicted molar refractivity (Wildman–Crippen MR) is 361 cm³/mol. The number of imidazole rings is 3. The van der Waals surface area contributed by atoms with Crippen LogP contribution in [0.5, 0.6) is 0 Å². The van der Waals surface area contributed by atoms with Gasteiger partial charge in [-0.3, -0.25) is 0 Å². The highest BCUT2D eigenvalue weighted by Crippen LogP contribution is 2.63. The van der Waals surface area contributed by atoms with E-state index in [9.17, 15) is 0 Å². The smallest absolute Gasteiger partial charge is 0.137 e. The minimum absolute atomic E-state index is 0.892. The topological polar surface area (TPSA) is 51.9 Å². The lowest BCUT2D eigenvalue weighted by atomic mass is 9.62. The van der Waals surface area contributed by atoms with Gasteiger partial charge in [-0.2, -0.15) is 0 Å². The fraction of sp³-hybridized carbons (Fsp3) is 0.0357. The van der Waals surface area contributed by atoms with Gasteiger partial charge in [0.2, 0.25) is 0 Å². The summed E-state index contributed by atoms with van der Waals surface area (Å²) >= 11 is 0. The molecule has 10 aromatic carbocycles. The summed E-state index contributed by atoms with van der Waals surface area (Å²) in [6, 6.07) is 115. The molecule has 3 aliphatic carbocycles. The first-order valence-corrected chi connectivity index (χ1v) is 31.0. The quantitative estimate of drug-likeness (QED) is 0.145. The van der Waals surface area contributed by atoms with Crippen molar-refractivity contribution in [1.82, 2.24) is 28.2 Å². The maximum atomic E-state index is 5.65. The van der Waals surface area contributed by atoms with Crippen molar-refractivity contribution in [2.24, 2.45) is 0 Å². The molecule has 16 aromatic rings. The molecule has 420 valence electrons. The summed E-state index contributed by atoms with van der Waals surface area (Å²) in [6.45, 7) is 0. The third-order valence-corrected chi connectivity index (χ3v) is 19.9. The number of nitrogens with zero attached hydrogens (tertiary/aromatic N) is 6. The van der Waals surface area contributed by atoms with Crippen molar-refractivity contribution in [3.8, 4) is 67.2 Å². The van der Waals surface area contributed by atoms with Crippen molar-refractivity contribution in [1.29, 1.82) is 0 Å². The normalized spacial score (nSPS) is 17.5. The molecule has 0 amide bonds. The molecule has 0 saturated heterocycles. The molecule has 0 N–H and O–H groups in total. The summed E-state index contributed by atoms with van der Waals surface area (Å²) in [6.07, 6.45) is 6.64. The zero-order valence-electron chi connectivity index (χ0n) is 48.9. The zero-order valence-corrected chi connectivity index (χ0v) is 48.9. The van der Waals surface area contributed by atoms with Gasteiger partial charge < -0.3 is 13.2 Å². The van der Waals surface area contributed by atoms with Gasteiger partial charge in [0.25, 0.3) is 0 Å². The fourth-order valence-electron chi connectivity index (χ4n) is 16.2. The Kier molecular flexibility index (Phi) is 10.7. The van der Waals surface area contributed by atoms with Crippen LogP contribution in [0.3, 0.4) is 0 Å². The Morgan fingerprint density at radius 3 is 0.744 bits per heavy atom. The third kappa shape index (κ3) is 6.79. The lowest BCUT2D eigenvalue weighted by Crippen LogP contribution is -2.36. The van der Waals surface area contributed by atoms with Crippen LogP contribution in [0.15, 0.2) is 328 Å². The molecule has 3 atom stereocenters. The Balaban J connectivity index is 1.02. The van der Waals surface area contributed by atoms with Crippen LogP contribution in [0.1, 0.15) is 67.2 Å². The highest BCUT2D eigenvalue weighted by molar-refractivity contribution is 5.91. The van der Waals surface area contributed by atoms with E-state index >= 15 is 0 Å². The lowest BCUT2D eigenvalue weighted by Gasteiger charge is -2.40. The van der Waals surface area contributed by atoms with Crippen LogP contribution in [-0.4, -0.2) is 28.2 Å². The Labute approximate surface area is 520 Å². The molecule has 19 rings (SSSR count). The van der Waals surface area contributed by atoms with Crippen LogP contribution in [0, 0.1) is 0 Å². The number of aromatic nitrogens is 6. The molecule has 3 unspecified atom stereocenters. The Bertz CT molecular complexity index is 4970. The molecule has 3 aliphatic rings. The lowest BCUT2D eigenvalue weighted by molar-refractivity contribution is 0.679. The zero-order chi connectivity index (χ0) is 59.1. The molecule has 90 heavy (non-hydrogen) atoms. The molecule has 0 radical (unpaired) electrons. The van der Waals surface area contributed by atoms with Gasteiger partial charge in [-0.1, -0.05) is 273 Å². The van der Waals surface area contributed by atoms with Crippen molar-refractivity contribution < 1.29 is 0 Å². The van der Waals surface area contributed by atoms with E-state index in [4.69, 9.17) is 15.0 Å². The number of pyridine rings is 3. The number of rotatable bonds is 9. The molecule has 6 aromatic heterocycles. The van der Waals surface area contributed by atoms with E-state index in [0.29, 0.717) is 0 Å². The summed E-state index contributed by atoms with van der Waals surface area (Å²) < 4.78 is 7.09. The minimum Gasteiger partial charge on any atom is -0.302 e. The SMILES string of the molecule is c1ccc(-c2ccc(C3(c4cc(C5(c6ccc(-c7ccccc7)cc6)c6ccccc6-c6nc7ccccn7c65)cc(C5(c6ccc(-c7ccccc7)cc6)c6ccccc6-c6nc7ccccn7c65)c4)c4ccccc4-c4nc5ccccn5c43)cc2)cc1. The van der Waals surface area contributed by atoms with Gasteiger partial charge in [-0.05, 0) is 120 Å². The largest absolute Gasteiger partial charge is 0.302 e. The van der Waals surface area contributed by atoms with Gasteiger partial charge >= 0.3 is 0 Å². The minimum atomic E-state index is -0.968. The summed E-state index contributed by atoms with van der Waals surface area (Å²) in [7, 11) is 0. The molecule has 6 nitrogen and oxygen atoms in total. The molecule has 0 fully saturated rings. The van der Waals surface area contributed by atoms with Gasteiger partial charge in [0, 0.05) is 35.3 Å². The molecule has 0 saturated carbocycles. The summed E-state index contributed by atoms with van der Waals surface area (Å²) in [5.74, 6) is 0. The van der Waals surface area contributed by atoms with E-state index in [2.05, 4.69) is 341 Å². The van der Waals surface area contributed by atoms with Crippen molar-refractivity contribution in [3.05, 3.63) is 395 Å². The molecule has 6 heteroatoms. The summed E-state index contributed by atoms with van der Waals surface area (Å²) in [5.41, 5.74) is 26.5. The van der Waals surface area contributed by atoms with E-state index in [1.807, 2.05) is 0 Å². The van der Waals surface area contributed by atoms with E-state index < -0.39 is 16.2 Å². The van der Waals surface area contributed by atoms with E-state index in [1.54, 1.807) is 0 Å². The van der Waals surface area contributed by atoms with Gasteiger partial charge in [-0.15, -0.1) is 0 Å². The molecular formula is C84H54N6. The highest BCUT2D eigenvalue weighted by Gasteiger charge is 2.56. The van der Waals surface area contributed by atoms with Crippen LogP contribution in [0.25, 0.3) is 84.1 Å². The molecule has 0 aliphatic heterocycles. The Hall–Kier alpha value is -11.7. The molecular weight excluding hydrogens is 1090 g/mol. The van der Waals surface area contributed by atoms with Crippen molar-refractivity contribution >= 4 is 16.9 Å². The Morgan fingerprint density at radius 1 is 0.211 bits per heavy atom. The van der Waals surface area contributed by atoms with Gasteiger partial charge in [0.05, 0.1) is 50.4 Å². The average molecular weight is 1150 g/mol. The molecule has 0 bridgehead atoms. The van der Waals surface area contributed by atoms with Crippen molar-refractivity contribution in [3.63, 3.8) is 0 Å². The second kappa shape index (κ2) is 19.1. The monoisotopic (exact) mass is 1150 g/mol. The van der Waals surface area contributed by atoms with E-state index in [1.165, 1.54) is 16.7 Å². The van der Waals surface area contributed by atoms with Gasteiger partial charge in [-0.25, -0.2) is 15.0 Å². The van der Waals surface area contributed by atoms with Crippen LogP contribution < -0.4 is 0 Å². The van der Waals surface area contributed by atoms with Crippen molar-refractivity contribution in [2.45, 2.75) is 16.2 Å². The van der Waals surface area contributed by atoms with E-state index in [0.717, 1.165) is 135 Å². The number of hydrogen-bond donors (Lipinski definition) is 0. The number of benzene rings is 10. The maximum absolute atomic E-state index is 5.65. The van der Waals surface area contributed by atoms with Crippen LogP contribution in [0.4, 0.5) is 0 Å². The van der Waals surface area contributed by atoms with Gasteiger partial charge in [0.15, 0.2) is 0 Å². The standard InChI is InChI=1S/C84H54N6/c1-4-22-55(23-5-1)58-37-43-61(44-38-58)82(70-31-13-10-28-67(70)76-79(82)88-49-19-16-34-73(88)85-76)64-52-65(83(62-45-39-59(40-46-62)56-24-6-2-7-25-56)71-32-14-11-29-68(71)77-80(83)89-50-20-17-35-74(89)86-77)54-66(53-64)84(63-47-41-60(42-48-63)57-26-8-3-9-27-57)72-33-15-12-30-69(72)78-81(84)90-51-21-18-36-75(90)87-78/h1-54H. The van der Waals surface area contributed by atoms with Crippen LogP contribution in [0.2, 0.25) is 0 Å². The average Bonchev–Trinajstić information content (AvgIpc) is 1.49. The van der Waals surface area contributed by atoms with Crippen LogP contribution >= 0.6 is 0 Å². The summed E-state index contributed by atoms with van der Waals surface area (Å²) in [4.78, 5) is 16.9. The number of fused-ring (bicyclic) bond motifs is 15. The molecule has 6 heterocycles. The van der Waals surface area contributed by atoms with Crippen molar-refractivity contribution in [2.75, 3.05) is 0 Å². The summed E-state index contributed by atoms with van der Waals surface area (Å²) in [5, 5.41) is 0. The molecule has 0 spiro atoms. The first kappa shape index (κ1) is 50.4. The first-order valence-electron chi connectivity index (χ1n) is 31.0. The van der Waals surface area contributed by atoms with E-state index in [-0.39, 0.29) is 0 Å². The second-order valence-electron chi connectivity index (χ2n) is 24.2. The highest BCUT2D eigenvalue weighted by atomic mass is 15.1. The second-order valence-corrected chi connectivity index (χ2v) is 24.2. The fourth-order valence-corrected chi connectivity index (χ4v) is 16.2. The third-order valence-electron chi connectivity index (χ3n) is 19.9. The van der Waals surface area contributed by atoms with Crippen LogP contribution in [-0.2, 0) is 16.2 Å². The predicted octanol–water partition coefficient (Wildman–Crippen LogP) is 18.7. The Morgan fingerprint density at radius 2 is 0.456 bits per heavy atom. The number of hydrogen-bond acceptors (Lipinski definition) is 3.